The van der Waals surface area contributed by atoms with Gasteiger partial charge >= 0.3 is 0 Å². The fourth-order valence-electron chi connectivity index (χ4n) is 2.93. The molecule has 1 heterocycles. The highest BCUT2D eigenvalue weighted by Gasteiger charge is 2.28. The number of amides is 1. The molecular formula is C20H18N2O4. The number of hydrogen-bond acceptors (Lipinski definition) is 5. The van der Waals surface area contributed by atoms with E-state index in [2.05, 4.69) is 10.5 Å². The summed E-state index contributed by atoms with van der Waals surface area (Å²) in [6.45, 7) is 0. The molecule has 6 nitrogen and oxygen atoms in total. The van der Waals surface area contributed by atoms with Gasteiger partial charge in [-0.25, -0.2) is 0 Å². The summed E-state index contributed by atoms with van der Waals surface area (Å²) in [5.74, 6) is 0.702. The fourth-order valence-corrected chi connectivity index (χ4v) is 2.93. The minimum atomic E-state index is -0.0421. The molecule has 1 fully saturated rings. The SMILES string of the molecule is O=C(Nc1c(-c2ccc(O)cc2)noc1-c1ccc(O)cc1)C1CCC1. The molecule has 0 radical (unpaired) electrons. The molecule has 1 aliphatic rings. The maximum atomic E-state index is 12.5. The molecule has 0 aliphatic heterocycles. The van der Waals surface area contributed by atoms with Crippen molar-refractivity contribution in [2.24, 2.45) is 5.92 Å². The van der Waals surface area contributed by atoms with Crippen LogP contribution in [-0.2, 0) is 4.79 Å². The summed E-state index contributed by atoms with van der Waals surface area (Å²) in [6, 6.07) is 13.1. The van der Waals surface area contributed by atoms with Gasteiger partial charge in [0.25, 0.3) is 0 Å². The Morgan fingerprint density at radius 1 is 0.962 bits per heavy atom. The third-order valence-electron chi connectivity index (χ3n) is 4.69. The number of phenolic OH excluding ortho intramolecular Hbond substituents is 2. The monoisotopic (exact) mass is 350 g/mol. The summed E-state index contributed by atoms with van der Waals surface area (Å²) in [4.78, 5) is 12.5. The van der Waals surface area contributed by atoms with E-state index in [0.717, 1.165) is 24.8 Å². The Kier molecular flexibility index (Phi) is 4.08. The van der Waals surface area contributed by atoms with Crippen molar-refractivity contribution in [2.45, 2.75) is 19.3 Å². The van der Waals surface area contributed by atoms with E-state index >= 15 is 0 Å². The Morgan fingerprint density at radius 3 is 2.08 bits per heavy atom. The molecule has 4 rings (SSSR count). The lowest BCUT2D eigenvalue weighted by molar-refractivity contribution is -0.122. The Balaban J connectivity index is 1.76. The van der Waals surface area contributed by atoms with Crippen LogP contribution in [0.3, 0.4) is 0 Å². The smallest absolute Gasteiger partial charge is 0.227 e. The summed E-state index contributed by atoms with van der Waals surface area (Å²) in [5, 5.41) is 26.1. The molecular weight excluding hydrogens is 332 g/mol. The summed E-state index contributed by atoms with van der Waals surface area (Å²) < 4.78 is 5.53. The first kappa shape index (κ1) is 16.2. The minimum Gasteiger partial charge on any atom is -0.508 e. The largest absolute Gasteiger partial charge is 0.508 e. The quantitative estimate of drug-likeness (QED) is 0.657. The summed E-state index contributed by atoms with van der Waals surface area (Å²) in [6.07, 6.45) is 2.84. The predicted octanol–water partition coefficient (Wildman–Crippen LogP) is 4.16. The van der Waals surface area contributed by atoms with Crippen molar-refractivity contribution in [2.75, 3.05) is 5.32 Å². The van der Waals surface area contributed by atoms with Crippen LogP contribution >= 0.6 is 0 Å². The van der Waals surface area contributed by atoms with E-state index in [-0.39, 0.29) is 23.3 Å². The highest BCUT2D eigenvalue weighted by molar-refractivity contribution is 6.00. The standard InChI is InChI=1S/C20H18N2O4/c23-15-8-4-12(5-9-15)17-18(21-20(25)14-2-1-3-14)19(26-22-17)13-6-10-16(24)11-7-13/h4-11,14,23-24H,1-3H2,(H,21,25). The highest BCUT2D eigenvalue weighted by atomic mass is 16.5. The molecule has 1 saturated carbocycles. The van der Waals surface area contributed by atoms with E-state index in [1.54, 1.807) is 48.5 Å². The van der Waals surface area contributed by atoms with E-state index in [1.165, 1.54) is 0 Å². The second kappa shape index (κ2) is 6.55. The number of carbonyl (C=O) groups excluding carboxylic acids is 1. The molecule has 3 aromatic rings. The van der Waals surface area contributed by atoms with Crippen molar-refractivity contribution < 1.29 is 19.5 Å². The number of rotatable bonds is 4. The van der Waals surface area contributed by atoms with Gasteiger partial charge in [-0.3, -0.25) is 4.79 Å². The van der Waals surface area contributed by atoms with Gasteiger partial charge in [-0.05, 0) is 61.4 Å². The molecule has 6 heteroatoms. The zero-order valence-corrected chi connectivity index (χ0v) is 14.0. The van der Waals surface area contributed by atoms with Gasteiger partial charge in [0.15, 0.2) is 5.76 Å². The first-order valence-corrected chi connectivity index (χ1v) is 8.51. The molecule has 2 aromatic carbocycles. The Hall–Kier alpha value is -3.28. The lowest BCUT2D eigenvalue weighted by atomic mass is 9.84. The Bertz CT molecular complexity index is 862. The summed E-state index contributed by atoms with van der Waals surface area (Å²) in [5.41, 5.74) is 2.42. The molecule has 1 aliphatic carbocycles. The lowest BCUT2D eigenvalue weighted by Crippen LogP contribution is -2.28. The van der Waals surface area contributed by atoms with E-state index in [9.17, 15) is 15.0 Å². The topological polar surface area (TPSA) is 95.6 Å². The maximum absolute atomic E-state index is 12.5. The fraction of sp³-hybridized carbons (Fsp3) is 0.200. The molecule has 0 bridgehead atoms. The summed E-state index contributed by atoms with van der Waals surface area (Å²) >= 11 is 0. The summed E-state index contributed by atoms with van der Waals surface area (Å²) in [7, 11) is 0. The third kappa shape index (κ3) is 3.01. The number of benzene rings is 2. The molecule has 0 spiro atoms. The number of hydrogen-bond donors (Lipinski definition) is 3. The van der Waals surface area contributed by atoms with Crippen LogP contribution in [0.4, 0.5) is 5.69 Å². The van der Waals surface area contributed by atoms with Crippen molar-refractivity contribution in [1.29, 1.82) is 0 Å². The second-order valence-electron chi connectivity index (χ2n) is 6.45. The van der Waals surface area contributed by atoms with Crippen LogP contribution in [0.2, 0.25) is 0 Å². The number of nitrogens with zero attached hydrogens (tertiary/aromatic N) is 1. The number of phenols is 2. The lowest BCUT2D eigenvalue weighted by Gasteiger charge is -2.24. The minimum absolute atomic E-state index is 0.0187. The van der Waals surface area contributed by atoms with Crippen molar-refractivity contribution in [3.05, 3.63) is 48.5 Å². The van der Waals surface area contributed by atoms with Crippen LogP contribution in [-0.4, -0.2) is 21.3 Å². The average Bonchev–Trinajstić information content (AvgIpc) is 2.98. The average molecular weight is 350 g/mol. The van der Waals surface area contributed by atoms with Crippen molar-refractivity contribution in [1.82, 2.24) is 5.16 Å². The first-order valence-electron chi connectivity index (χ1n) is 8.51. The molecule has 0 unspecified atom stereocenters. The molecule has 0 saturated heterocycles. The van der Waals surface area contributed by atoms with Gasteiger partial charge in [-0.2, -0.15) is 0 Å². The van der Waals surface area contributed by atoms with E-state index in [0.29, 0.717) is 22.7 Å². The molecule has 0 atom stereocenters. The van der Waals surface area contributed by atoms with Crippen molar-refractivity contribution >= 4 is 11.6 Å². The van der Waals surface area contributed by atoms with Crippen LogP contribution in [0, 0.1) is 5.92 Å². The molecule has 1 amide bonds. The van der Waals surface area contributed by atoms with E-state index in [1.807, 2.05) is 0 Å². The maximum Gasteiger partial charge on any atom is 0.227 e. The van der Waals surface area contributed by atoms with Gasteiger partial charge in [-0.15, -0.1) is 0 Å². The van der Waals surface area contributed by atoms with E-state index in [4.69, 9.17) is 4.52 Å². The van der Waals surface area contributed by atoms with Gasteiger partial charge in [-0.1, -0.05) is 11.6 Å². The molecule has 26 heavy (non-hydrogen) atoms. The zero-order valence-electron chi connectivity index (χ0n) is 14.0. The van der Waals surface area contributed by atoms with Gasteiger partial charge in [0.05, 0.1) is 0 Å². The van der Waals surface area contributed by atoms with Crippen LogP contribution < -0.4 is 5.32 Å². The normalized spacial score (nSPS) is 14.0. The van der Waals surface area contributed by atoms with Gasteiger partial charge in [0.1, 0.15) is 22.9 Å². The number of anilines is 1. The number of aromatic hydroxyl groups is 2. The number of nitrogens with one attached hydrogen (secondary N) is 1. The highest BCUT2D eigenvalue weighted by Crippen LogP contribution is 2.39. The van der Waals surface area contributed by atoms with Gasteiger partial charge < -0.3 is 20.1 Å². The zero-order chi connectivity index (χ0) is 18.1. The van der Waals surface area contributed by atoms with Crippen molar-refractivity contribution in [3.63, 3.8) is 0 Å². The van der Waals surface area contributed by atoms with Crippen molar-refractivity contribution in [3.8, 4) is 34.1 Å². The molecule has 132 valence electrons. The molecule has 3 N–H and O–H groups in total. The molecule has 1 aromatic heterocycles. The van der Waals surface area contributed by atoms with Crippen LogP contribution in [0.1, 0.15) is 19.3 Å². The Morgan fingerprint density at radius 2 is 1.54 bits per heavy atom. The number of aromatic nitrogens is 1. The third-order valence-corrected chi connectivity index (χ3v) is 4.69. The van der Waals surface area contributed by atoms with E-state index < -0.39 is 0 Å². The second-order valence-corrected chi connectivity index (χ2v) is 6.45. The van der Waals surface area contributed by atoms with Crippen LogP contribution in [0.5, 0.6) is 11.5 Å². The van der Waals surface area contributed by atoms with Gasteiger partial charge in [0.2, 0.25) is 5.91 Å². The predicted molar refractivity (Wildman–Crippen MR) is 96.7 cm³/mol. The number of carbonyl (C=O) groups is 1. The Labute approximate surface area is 150 Å². The van der Waals surface area contributed by atoms with Crippen LogP contribution in [0.15, 0.2) is 53.1 Å². The van der Waals surface area contributed by atoms with Gasteiger partial charge in [0, 0.05) is 17.0 Å². The van der Waals surface area contributed by atoms with Crippen LogP contribution in [0.25, 0.3) is 22.6 Å². The first-order chi connectivity index (χ1) is 12.6.